The van der Waals surface area contributed by atoms with E-state index in [1.807, 2.05) is 0 Å². The zero-order valence-electron chi connectivity index (χ0n) is 7.86. The molecule has 16 heavy (non-hydrogen) atoms. The summed E-state index contributed by atoms with van der Waals surface area (Å²) in [7, 11) is -3.81. The van der Waals surface area contributed by atoms with Gasteiger partial charge >= 0.3 is 0 Å². The van der Waals surface area contributed by atoms with Gasteiger partial charge in [0.05, 0.1) is 9.37 Å². The average Bonchev–Trinajstić information content (AvgIpc) is 2.14. The fourth-order valence-corrected chi connectivity index (χ4v) is 2.11. The lowest BCUT2D eigenvalue weighted by Gasteiger charge is -2.08. The Morgan fingerprint density at radius 3 is 2.50 bits per heavy atom. The molecule has 0 aliphatic heterocycles. The Morgan fingerprint density at radius 2 is 2.06 bits per heavy atom. The first-order valence-electron chi connectivity index (χ1n) is 4.04. The zero-order valence-corrected chi connectivity index (χ0v) is 10.3. The van der Waals surface area contributed by atoms with Crippen molar-refractivity contribution in [3.8, 4) is 5.75 Å². The molecule has 4 nitrogen and oxygen atoms in total. The van der Waals surface area contributed by atoms with Crippen LogP contribution in [0.3, 0.4) is 0 Å². The third-order valence-electron chi connectivity index (χ3n) is 1.60. The molecule has 0 bridgehead atoms. The summed E-state index contributed by atoms with van der Waals surface area (Å²) in [4.78, 5) is -0.122. The Labute approximate surface area is 99.6 Å². The van der Waals surface area contributed by atoms with Crippen LogP contribution in [0.4, 0.5) is 8.78 Å². The van der Waals surface area contributed by atoms with E-state index in [4.69, 9.17) is 9.88 Å². The molecule has 0 atom stereocenters. The van der Waals surface area contributed by atoms with Gasteiger partial charge in [0.2, 0.25) is 10.0 Å². The second-order valence-corrected chi connectivity index (χ2v) is 5.26. The topological polar surface area (TPSA) is 69.4 Å². The zero-order chi connectivity index (χ0) is 12.3. The Hall–Kier alpha value is -0.730. The summed E-state index contributed by atoms with van der Waals surface area (Å²) in [6.07, 6.45) is -2.59. The number of primary sulfonamides is 1. The molecule has 1 aromatic rings. The summed E-state index contributed by atoms with van der Waals surface area (Å²) in [5.74, 6) is 0.132. The number of benzene rings is 1. The molecule has 0 heterocycles. The minimum Gasteiger partial charge on any atom is -0.486 e. The standard InChI is InChI=1S/C8H8BrF2NO3S/c9-6-3-5(16(12,13)14)1-2-7(6)15-4-8(10)11/h1-3,8H,4H2,(H2,12,13,14). The number of sulfonamides is 1. The van der Waals surface area contributed by atoms with E-state index in [-0.39, 0.29) is 15.1 Å². The van der Waals surface area contributed by atoms with Crippen LogP contribution in [-0.4, -0.2) is 21.5 Å². The van der Waals surface area contributed by atoms with Crippen molar-refractivity contribution in [2.45, 2.75) is 11.3 Å². The van der Waals surface area contributed by atoms with Gasteiger partial charge in [-0.3, -0.25) is 0 Å². The van der Waals surface area contributed by atoms with E-state index >= 15 is 0 Å². The van der Waals surface area contributed by atoms with E-state index in [1.165, 1.54) is 18.2 Å². The van der Waals surface area contributed by atoms with Crippen molar-refractivity contribution < 1.29 is 21.9 Å². The largest absolute Gasteiger partial charge is 0.486 e. The smallest absolute Gasteiger partial charge is 0.272 e. The summed E-state index contributed by atoms with van der Waals surface area (Å²) >= 11 is 3.00. The van der Waals surface area contributed by atoms with Gasteiger partial charge in [-0.2, -0.15) is 0 Å². The predicted molar refractivity (Wildman–Crippen MR) is 57.0 cm³/mol. The third kappa shape index (κ3) is 3.69. The molecule has 0 saturated heterocycles. The number of hydrogen-bond acceptors (Lipinski definition) is 3. The summed E-state index contributed by atoms with van der Waals surface area (Å²) < 4.78 is 50.6. The number of rotatable bonds is 4. The van der Waals surface area contributed by atoms with Gasteiger partial charge in [-0.25, -0.2) is 22.3 Å². The van der Waals surface area contributed by atoms with Crippen molar-refractivity contribution in [2.24, 2.45) is 5.14 Å². The first kappa shape index (κ1) is 13.3. The second kappa shape index (κ2) is 5.07. The van der Waals surface area contributed by atoms with Gasteiger partial charge < -0.3 is 4.74 Å². The second-order valence-electron chi connectivity index (χ2n) is 2.84. The highest BCUT2D eigenvalue weighted by Crippen LogP contribution is 2.27. The van der Waals surface area contributed by atoms with Crippen molar-refractivity contribution in [3.05, 3.63) is 22.7 Å². The monoisotopic (exact) mass is 315 g/mol. The predicted octanol–water partition coefficient (Wildman–Crippen LogP) is 1.74. The highest BCUT2D eigenvalue weighted by atomic mass is 79.9. The molecule has 0 fully saturated rings. The fraction of sp³-hybridized carbons (Fsp3) is 0.250. The Balaban J connectivity index is 2.92. The van der Waals surface area contributed by atoms with E-state index < -0.39 is 23.1 Å². The minimum atomic E-state index is -3.81. The summed E-state index contributed by atoms with van der Waals surface area (Å²) in [5, 5.41) is 4.89. The minimum absolute atomic E-state index is 0.122. The van der Waals surface area contributed by atoms with E-state index in [2.05, 4.69) is 15.9 Å². The number of alkyl halides is 2. The van der Waals surface area contributed by atoms with Crippen molar-refractivity contribution in [1.82, 2.24) is 0 Å². The highest BCUT2D eigenvalue weighted by Gasteiger charge is 2.12. The van der Waals surface area contributed by atoms with Crippen LogP contribution in [0.15, 0.2) is 27.6 Å². The number of hydrogen-bond donors (Lipinski definition) is 1. The van der Waals surface area contributed by atoms with Crippen molar-refractivity contribution >= 4 is 26.0 Å². The van der Waals surface area contributed by atoms with Gasteiger partial charge in [-0.15, -0.1) is 0 Å². The first-order valence-corrected chi connectivity index (χ1v) is 6.38. The molecular weight excluding hydrogens is 308 g/mol. The average molecular weight is 316 g/mol. The van der Waals surface area contributed by atoms with Crippen LogP contribution < -0.4 is 9.88 Å². The molecule has 0 saturated carbocycles. The molecule has 2 N–H and O–H groups in total. The molecule has 90 valence electrons. The van der Waals surface area contributed by atoms with Crippen molar-refractivity contribution in [2.75, 3.05) is 6.61 Å². The lowest BCUT2D eigenvalue weighted by molar-refractivity contribution is 0.0815. The number of halogens is 3. The van der Waals surface area contributed by atoms with Crippen LogP contribution in [0.5, 0.6) is 5.75 Å². The molecule has 0 radical (unpaired) electrons. The Bertz CT molecular complexity index is 478. The quantitative estimate of drug-likeness (QED) is 0.920. The fourth-order valence-electron chi connectivity index (χ4n) is 0.928. The maximum absolute atomic E-state index is 11.9. The lowest BCUT2D eigenvalue weighted by Crippen LogP contribution is -2.12. The molecular formula is C8H8BrF2NO3S. The molecule has 1 rings (SSSR count). The first-order chi connectivity index (χ1) is 7.30. The van der Waals surface area contributed by atoms with Gasteiger partial charge in [0, 0.05) is 0 Å². The van der Waals surface area contributed by atoms with Gasteiger partial charge in [0.15, 0.2) is 0 Å². The van der Waals surface area contributed by atoms with E-state index in [1.54, 1.807) is 0 Å². The van der Waals surface area contributed by atoms with Crippen LogP contribution in [0.2, 0.25) is 0 Å². The van der Waals surface area contributed by atoms with Gasteiger partial charge in [0.25, 0.3) is 6.43 Å². The van der Waals surface area contributed by atoms with E-state index in [0.29, 0.717) is 0 Å². The molecule has 1 aromatic carbocycles. The van der Waals surface area contributed by atoms with Crippen LogP contribution in [0, 0.1) is 0 Å². The van der Waals surface area contributed by atoms with Crippen molar-refractivity contribution in [1.29, 1.82) is 0 Å². The number of nitrogens with two attached hydrogens (primary N) is 1. The SMILES string of the molecule is NS(=O)(=O)c1ccc(OCC(F)F)c(Br)c1. The molecule has 0 amide bonds. The summed E-state index contributed by atoms with van der Waals surface area (Å²) in [5.41, 5.74) is 0. The maximum Gasteiger partial charge on any atom is 0.272 e. The van der Waals surface area contributed by atoms with Gasteiger partial charge in [0.1, 0.15) is 12.4 Å². The van der Waals surface area contributed by atoms with Crippen molar-refractivity contribution in [3.63, 3.8) is 0 Å². The normalized spacial score (nSPS) is 11.8. The third-order valence-corrected chi connectivity index (χ3v) is 3.13. The maximum atomic E-state index is 11.9. The Morgan fingerprint density at radius 1 is 1.44 bits per heavy atom. The molecule has 0 unspecified atom stereocenters. The van der Waals surface area contributed by atoms with Gasteiger partial charge in [-0.1, -0.05) is 0 Å². The summed E-state index contributed by atoms with van der Waals surface area (Å²) in [6.45, 7) is -0.757. The summed E-state index contributed by atoms with van der Waals surface area (Å²) in [6, 6.07) is 3.63. The van der Waals surface area contributed by atoms with Crippen LogP contribution in [0.25, 0.3) is 0 Å². The Kier molecular flexibility index (Phi) is 4.22. The molecule has 0 aliphatic rings. The number of ether oxygens (including phenoxy) is 1. The van der Waals surface area contributed by atoms with Crippen LogP contribution >= 0.6 is 15.9 Å². The van der Waals surface area contributed by atoms with Crippen LogP contribution in [0.1, 0.15) is 0 Å². The van der Waals surface area contributed by atoms with Crippen LogP contribution in [-0.2, 0) is 10.0 Å². The van der Waals surface area contributed by atoms with Gasteiger partial charge in [-0.05, 0) is 34.1 Å². The van der Waals surface area contributed by atoms with E-state index in [9.17, 15) is 17.2 Å². The molecule has 8 heteroatoms. The molecule has 0 aliphatic carbocycles. The highest BCUT2D eigenvalue weighted by molar-refractivity contribution is 9.10. The molecule has 0 spiro atoms. The molecule has 0 aromatic heterocycles. The van der Waals surface area contributed by atoms with E-state index in [0.717, 1.165) is 0 Å². The lowest BCUT2D eigenvalue weighted by atomic mass is 10.3.